The van der Waals surface area contributed by atoms with Gasteiger partial charge in [0, 0.05) is 4.47 Å². The lowest BCUT2D eigenvalue weighted by Gasteiger charge is -2.03. The van der Waals surface area contributed by atoms with Gasteiger partial charge in [-0.25, -0.2) is 5.90 Å². The maximum atomic E-state index is 9.08. The number of rotatable bonds is 3. The van der Waals surface area contributed by atoms with Crippen LogP contribution in [-0.4, -0.2) is 11.7 Å². The molecule has 3 nitrogen and oxygen atoms in total. The van der Waals surface area contributed by atoms with Crippen molar-refractivity contribution < 1.29 is 9.94 Å². The highest BCUT2D eigenvalue weighted by Gasteiger charge is 1.99. The Morgan fingerprint density at radius 2 is 2.25 bits per heavy atom. The minimum Gasteiger partial charge on any atom is -0.508 e. The summed E-state index contributed by atoms with van der Waals surface area (Å²) in [5.74, 6) is 5.14. The van der Waals surface area contributed by atoms with Crippen LogP contribution in [0.5, 0.6) is 5.75 Å². The Labute approximate surface area is 79.2 Å². The molecule has 0 bridgehead atoms. The molecule has 0 fully saturated rings. The molecule has 0 aliphatic rings. The number of aromatic hydroxyl groups is 1. The van der Waals surface area contributed by atoms with Gasteiger partial charge in [0.05, 0.1) is 6.61 Å². The van der Waals surface area contributed by atoms with Gasteiger partial charge in [0.15, 0.2) is 0 Å². The normalized spacial score (nSPS) is 10.2. The van der Waals surface area contributed by atoms with Crippen molar-refractivity contribution in [3.05, 3.63) is 28.2 Å². The minimum absolute atomic E-state index is 0.249. The molecular weight excluding hydrogens is 222 g/mol. The number of halogens is 1. The van der Waals surface area contributed by atoms with Crippen LogP contribution >= 0.6 is 15.9 Å². The van der Waals surface area contributed by atoms with E-state index in [0.717, 1.165) is 16.5 Å². The van der Waals surface area contributed by atoms with Crippen LogP contribution in [0, 0.1) is 0 Å². The standard InChI is InChI=1S/C8H10BrNO2/c9-8-5-7(11)2-1-6(8)3-4-12-10/h1-2,5,11H,3-4,10H2. The summed E-state index contributed by atoms with van der Waals surface area (Å²) in [6.45, 7) is 0.476. The van der Waals surface area contributed by atoms with E-state index in [-0.39, 0.29) is 5.75 Å². The van der Waals surface area contributed by atoms with Gasteiger partial charge in [0.2, 0.25) is 0 Å². The van der Waals surface area contributed by atoms with Gasteiger partial charge in [-0.05, 0) is 24.1 Å². The molecule has 0 saturated heterocycles. The third-order valence-electron chi connectivity index (χ3n) is 1.53. The molecule has 12 heavy (non-hydrogen) atoms. The lowest BCUT2D eigenvalue weighted by atomic mass is 10.1. The van der Waals surface area contributed by atoms with Crippen molar-refractivity contribution in [2.75, 3.05) is 6.61 Å². The Bertz CT molecular complexity index is 265. The molecule has 0 aliphatic carbocycles. The van der Waals surface area contributed by atoms with Crippen molar-refractivity contribution in [3.63, 3.8) is 0 Å². The summed E-state index contributed by atoms with van der Waals surface area (Å²) < 4.78 is 0.875. The Balaban J connectivity index is 2.72. The fourth-order valence-corrected chi connectivity index (χ4v) is 1.47. The fraction of sp³-hybridized carbons (Fsp3) is 0.250. The zero-order chi connectivity index (χ0) is 8.97. The molecule has 66 valence electrons. The van der Waals surface area contributed by atoms with Gasteiger partial charge in [0.25, 0.3) is 0 Å². The molecule has 0 saturated carbocycles. The Kier molecular flexibility index (Phi) is 3.52. The van der Waals surface area contributed by atoms with Crippen molar-refractivity contribution in [1.82, 2.24) is 0 Å². The number of benzene rings is 1. The van der Waals surface area contributed by atoms with Crippen LogP contribution in [0.2, 0.25) is 0 Å². The number of hydrogen-bond acceptors (Lipinski definition) is 3. The molecule has 0 spiro atoms. The average molecular weight is 232 g/mol. The smallest absolute Gasteiger partial charge is 0.116 e. The number of hydrogen-bond donors (Lipinski definition) is 2. The van der Waals surface area contributed by atoms with Gasteiger partial charge in [0.1, 0.15) is 5.75 Å². The second-order valence-corrected chi connectivity index (χ2v) is 3.25. The predicted octanol–water partition coefficient (Wildman–Crippen LogP) is 1.59. The zero-order valence-corrected chi connectivity index (χ0v) is 8.04. The van der Waals surface area contributed by atoms with Crippen molar-refractivity contribution in [2.45, 2.75) is 6.42 Å². The van der Waals surface area contributed by atoms with Crippen LogP contribution in [0.3, 0.4) is 0 Å². The highest BCUT2D eigenvalue weighted by Crippen LogP contribution is 2.22. The van der Waals surface area contributed by atoms with E-state index in [0.29, 0.717) is 6.61 Å². The van der Waals surface area contributed by atoms with Gasteiger partial charge in [-0.2, -0.15) is 0 Å². The quantitative estimate of drug-likeness (QED) is 0.778. The first-order valence-corrected chi connectivity index (χ1v) is 4.32. The van der Waals surface area contributed by atoms with Crippen molar-refractivity contribution >= 4 is 15.9 Å². The second-order valence-electron chi connectivity index (χ2n) is 2.40. The van der Waals surface area contributed by atoms with Crippen LogP contribution in [0.25, 0.3) is 0 Å². The van der Waals surface area contributed by atoms with E-state index in [4.69, 9.17) is 11.0 Å². The highest BCUT2D eigenvalue weighted by molar-refractivity contribution is 9.10. The fourth-order valence-electron chi connectivity index (χ4n) is 0.908. The van der Waals surface area contributed by atoms with Crippen LogP contribution in [0.15, 0.2) is 22.7 Å². The Morgan fingerprint density at radius 1 is 1.50 bits per heavy atom. The highest BCUT2D eigenvalue weighted by atomic mass is 79.9. The van der Waals surface area contributed by atoms with Crippen LogP contribution in [-0.2, 0) is 11.3 Å². The maximum Gasteiger partial charge on any atom is 0.116 e. The molecule has 1 rings (SSSR count). The van der Waals surface area contributed by atoms with Crippen molar-refractivity contribution in [2.24, 2.45) is 5.90 Å². The van der Waals surface area contributed by atoms with Crippen LogP contribution < -0.4 is 5.90 Å². The molecule has 3 N–H and O–H groups in total. The lowest BCUT2D eigenvalue weighted by Crippen LogP contribution is -2.03. The summed E-state index contributed by atoms with van der Waals surface area (Å²) >= 11 is 3.32. The summed E-state index contributed by atoms with van der Waals surface area (Å²) in [7, 11) is 0. The molecular formula is C8H10BrNO2. The molecule has 0 aromatic heterocycles. The van der Waals surface area contributed by atoms with Crippen LogP contribution in [0.4, 0.5) is 0 Å². The number of nitrogens with two attached hydrogens (primary N) is 1. The second kappa shape index (κ2) is 4.45. The molecule has 0 atom stereocenters. The van der Waals surface area contributed by atoms with E-state index in [1.807, 2.05) is 6.07 Å². The molecule has 0 amide bonds. The average Bonchev–Trinajstić information content (AvgIpc) is 2.03. The van der Waals surface area contributed by atoms with Gasteiger partial charge < -0.3 is 9.94 Å². The molecule has 0 unspecified atom stereocenters. The minimum atomic E-state index is 0.249. The topological polar surface area (TPSA) is 55.5 Å². The monoisotopic (exact) mass is 231 g/mol. The predicted molar refractivity (Wildman–Crippen MR) is 49.7 cm³/mol. The van der Waals surface area contributed by atoms with E-state index in [9.17, 15) is 0 Å². The zero-order valence-electron chi connectivity index (χ0n) is 6.46. The SMILES string of the molecule is NOCCc1ccc(O)cc1Br. The molecule has 1 aromatic carbocycles. The third-order valence-corrected chi connectivity index (χ3v) is 2.26. The first-order chi connectivity index (χ1) is 5.74. The van der Waals surface area contributed by atoms with E-state index in [1.165, 1.54) is 0 Å². The van der Waals surface area contributed by atoms with Crippen LogP contribution in [0.1, 0.15) is 5.56 Å². The molecule has 1 aromatic rings. The maximum absolute atomic E-state index is 9.08. The summed E-state index contributed by atoms with van der Waals surface area (Å²) in [4.78, 5) is 4.45. The summed E-state index contributed by atoms with van der Waals surface area (Å²) in [6, 6.07) is 5.11. The number of phenols is 1. The number of phenolic OH excluding ortho intramolecular Hbond substituents is 1. The summed E-state index contributed by atoms with van der Waals surface area (Å²) in [5.41, 5.74) is 1.07. The first-order valence-electron chi connectivity index (χ1n) is 3.53. The molecule has 0 radical (unpaired) electrons. The molecule has 0 heterocycles. The van der Waals surface area contributed by atoms with Gasteiger partial charge >= 0.3 is 0 Å². The summed E-state index contributed by atoms with van der Waals surface area (Å²) in [5, 5.41) is 9.08. The van der Waals surface area contributed by atoms with E-state index < -0.39 is 0 Å². The van der Waals surface area contributed by atoms with Gasteiger partial charge in [-0.15, -0.1) is 0 Å². The largest absolute Gasteiger partial charge is 0.508 e. The Morgan fingerprint density at radius 3 is 2.83 bits per heavy atom. The Hall–Kier alpha value is -0.580. The summed E-state index contributed by atoms with van der Waals surface area (Å²) in [6.07, 6.45) is 0.733. The van der Waals surface area contributed by atoms with Crippen molar-refractivity contribution in [3.8, 4) is 5.75 Å². The van der Waals surface area contributed by atoms with E-state index in [2.05, 4.69) is 20.8 Å². The lowest BCUT2D eigenvalue weighted by molar-refractivity contribution is 0.141. The first kappa shape index (κ1) is 9.51. The van der Waals surface area contributed by atoms with E-state index >= 15 is 0 Å². The van der Waals surface area contributed by atoms with Crippen molar-refractivity contribution in [1.29, 1.82) is 0 Å². The third kappa shape index (κ3) is 2.48. The van der Waals surface area contributed by atoms with Gasteiger partial charge in [-0.1, -0.05) is 22.0 Å². The molecule has 4 heteroatoms. The van der Waals surface area contributed by atoms with Gasteiger partial charge in [-0.3, -0.25) is 0 Å². The van der Waals surface area contributed by atoms with E-state index in [1.54, 1.807) is 12.1 Å². The molecule has 0 aliphatic heterocycles.